The molecular weight excluding hydrogens is 320 g/mol. The highest BCUT2D eigenvalue weighted by Crippen LogP contribution is 2.42. The molecule has 130 valence electrons. The van der Waals surface area contributed by atoms with E-state index in [-0.39, 0.29) is 0 Å². The molecule has 2 aromatic carbocycles. The van der Waals surface area contributed by atoms with Crippen LogP contribution >= 0.6 is 0 Å². The maximum atomic E-state index is 5.44. The number of hydrogen-bond donors (Lipinski definition) is 1. The van der Waals surface area contributed by atoms with Crippen LogP contribution in [0.25, 0.3) is 22.4 Å². The summed E-state index contributed by atoms with van der Waals surface area (Å²) in [7, 11) is 6.43. The van der Waals surface area contributed by atoms with Gasteiger partial charge in [0.15, 0.2) is 11.5 Å². The minimum absolute atomic E-state index is 0.559. The quantitative estimate of drug-likeness (QED) is 0.740. The summed E-state index contributed by atoms with van der Waals surface area (Å²) in [6.07, 6.45) is 1.78. The van der Waals surface area contributed by atoms with Crippen molar-refractivity contribution in [2.45, 2.75) is 0 Å². The Balaban J connectivity index is 2.10. The first-order valence-electron chi connectivity index (χ1n) is 7.70. The van der Waals surface area contributed by atoms with Crippen LogP contribution in [-0.4, -0.2) is 38.6 Å². The van der Waals surface area contributed by atoms with Gasteiger partial charge in [0.25, 0.3) is 0 Å². The molecular formula is C19H20N2O4. The predicted molar refractivity (Wildman–Crippen MR) is 95.7 cm³/mol. The fraction of sp³-hybridized carbons (Fsp3) is 0.211. The first kappa shape index (κ1) is 16.7. The van der Waals surface area contributed by atoms with Crippen LogP contribution in [0.1, 0.15) is 0 Å². The fourth-order valence-corrected chi connectivity index (χ4v) is 2.72. The van der Waals surface area contributed by atoms with Crippen LogP contribution in [-0.2, 0) is 0 Å². The number of rotatable bonds is 6. The van der Waals surface area contributed by atoms with Gasteiger partial charge in [0.1, 0.15) is 5.75 Å². The molecule has 0 saturated carbocycles. The number of aromatic nitrogens is 2. The van der Waals surface area contributed by atoms with Gasteiger partial charge in [0, 0.05) is 11.1 Å². The minimum atomic E-state index is 0.559. The molecule has 0 spiro atoms. The highest BCUT2D eigenvalue weighted by Gasteiger charge is 2.17. The monoisotopic (exact) mass is 340 g/mol. The molecule has 0 aliphatic carbocycles. The SMILES string of the molecule is COc1ccc(-c2[nH]ncc2-c2cc(OC)c(OC)c(OC)c2)cc1. The Morgan fingerprint density at radius 2 is 1.40 bits per heavy atom. The number of ether oxygens (including phenoxy) is 4. The zero-order valence-corrected chi connectivity index (χ0v) is 14.6. The van der Waals surface area contributed by atoms with Crippen LogP contribution < -0.4 is 18.9 Å². The van der Waals surface area contributed by atoms with Gasteiger partial charge in [0.05, 0.1) is 40.3 Å². The number of methoxy groups -OCH3 is 4. The summed E-state index contributed by atoms with van der Waals surface area (Å²) in [5.74, 6) is 2.55. The lowest BCUT2D eigenvalue weighted by Crippen LogP contribution is -1.96. The van der Waals surface area contributed by atoms with Gasteiger partial charge in [-0.05, 0) is 42.0 Å². The van der Waals surface area contributed by atoms with E-state index in [1.54, 1.807) is 34.6 Å². The predicted octanol–water partition coefficient (Wildman–Crippen LogP) is 3.78. The first-order valence-corrected chi connectivity index (χ1v) is 7.70. The average Bonchev–Trinajstić information content (AvgIpc) is 3.16. The van der Waals surface area contributed by atoms with Gasteiger partial charge in [-0.2, -0.15) is 5.10 Å². The van der Waals surface area contributed by atoms with Crippen molar-refractivity contribution in [2.24, 2.45) is 0 Å². The van der Waals surface area contributed by atoms with Gasteiger partial charge in [-0.25, -0.2) is 0 Å². The van der Waals surface area contributed by atoms with Crippen molar-refractivity contribution < 1.29 is 18.9 Å². The molecule has 1 aromatic heterocycles. The Morgan fingerprint density at radius 3 is 1.92 bits per heavy atom. The van der Waals surface area contributed by atoms with E-state index in [0.29, 0.717) is 17.2 Å². The Labute approximate surface area is 146 Å². The molecule has 0 aliphatic heterocycles. The lowest BCUT2D eigenvalue weighted by atomic mass is 10.0. The molecule has 1 heterocycles. The maximum absolute atomic E-state index is 5.44. The molecule has 6 nitrogen and oxygen atoms in total. The second-order valence-corrected chi connectivity index (χ2v) is 5.30. The summed E-state index contributed by atoms with van der Waals surface area (Å²) in [4.78, 5) is 0. The number of H-pyrrole nitrogens is 1. The van der Waals surface area contributed by atoms with E-state index in [9.17, 15) is 0 Å². The smallest absolute Gasteiger partial charge is 0.203 e. The highest BCUT2D eigenvalue weighted by molar-refractivity contribution is 5.82. The van der Waals surface area contributed by atoms with Gasteiger partial charge in [-0.15, -0.1) is 0 Å². The minimum Gasteiger partial charge on any atom is -0.497 e. The number of nitrogens with zero attached hydrogens (tertiary/aromatic N) is 1. The molecule has 0 radical (unpaired) electrons. The normalized spacial score (nSPS) is 10.4. The highest BCUT2D eigenvalue weighted by atomic mass is 16.5. The molecule has 3 aromatic rings. The number of nitrogens with one attached hydrogen (secondary N) is 1. The maximum Gasteiger partial charge on any atom is 0.203 e. The molecule has 0 fully saturated rings. The van der Waals surface area contributed by atoms with E-state index in [1.807, 2.05) is 36.4 Å². The van der Waals surface area contributed by atoms with E-state index < -0.39 is 0 Å². The zero-order valence-electron chi connectivity index (χ0n) is 14.6. The molecule has 25 heavy (non-hydrogen) atoms. The van der Waals surface area contributed by atoms with Crippen LogP contribution in [0.3, 0.4) is 0 Å². The molecule has 0 atom stereocenters. The van der Waals surface area contributed by atoms with Crippen molar-refractivity contribution in [2.75, 3.05) is 28.4 Å². The number of hydrogen-bond acceptors (Lipinski definition) is 5. The second-order valence-electron chi connectivity index (χ2n) is 5.30. The fourth-order valence-electron chi connectivity index (χ4n) is 2.72. The third-order valence-electron chi connectivity index (χ3n) is 3.99. The zero-order chi connectivity index (χ0) is 17.8. The molecule has 0 saturated heterocycles. The van der Waals surface area contributed by atoms with E-state index >= 15 is 0 Å². The molecule has 6 heteroatoms. The van der Waals surface area contributed by atoms with E-state index in [1.165, 1.54) is 0 Å². The lowest BCUT2D eigenvalue weighted by molar-refractivity contribution is 0.324. The lowest BCUT2D eigenvalue weighted by Gasteiger charge is -2.14. The number of aromatic amines is 1. The van der Waals surface area contributed by atoms with Crippen molar-refractivity contribution in [1.82, 2.24) is 10.2 Å². The van der Waals surface area contributed by atoms with Gasteiger partial charge >= 0.3 is 0 Å². The average molecular weight is 340 g/mol. The van der Waals surface area contributed by atoms with E-state index in [0.717, 1.165) is 28.1 Å². The summed E-state index contributed by atoms with van der Waals surface area (Å²) in [6.45, 7) is 0. The number of benzene rings is 2. The second kappa shape index (κ2) is 7.17. The van der Waals surface area contributed by atoms with Crippen LogP contribution in [0.2, 0.25) is 0 Å². The molecule has 0 aliphatic rings. The van der Waals surface area contributed by atoms with Gasteiger partial charge in [0.2, 0.25) is 5.75 Å². The molecule has 3 rings (SSSR count). The summed E-state index contributed by atoms with van der Waals surface area (Å²) in [6, 6.07) is 11.6. The van der Waals surface area contributed by atoms with Crippen LogP contribution in [0.5, 0.6) is 23.0 Å². The van der Waals surface area contributed by atoms with Gasteiger partial charge in [-0.1, -0.05) is 0 Å². The molecule has 0 unspecified atom stereocenters. The van der Waals surface area contributed by atoms with E-state index in [4.69, 9.17) is 18.9 Å². The van der Waals surface area contributed by atoms with Crippen molar-refractivity contribution in [3.63, 3.8) is 0 Å². The largest absolute Gasteiger partial charge is 0.497 e. The van der Waals surface area contributed by atoms with Gasteiger partial charge in [-0.3, -0.25) is 5.10 Å². The van der Waals surface area contributed by atoms with Crippen LogP contribution in [0.4, 0.5) is 0 Å². The third-order valence-corrected chi connectivity index (χ3v) is 3.99. The van der Waals surface area contributed by atoms with Crippen molar-refractivity contribution in [1.29, 1.82) is 0 Å². The van der Waals surface area contributed by atoms with Crippen LogP contribution in [0.15, 0.2) is 42.6 Å². The Hall–Kier alpha value is -3.15. The summed E-state index contributed by atoms with van der Waals surface area (Å²) < 4.78 is 21.5. The standard InChI is InChI=1S/C19H20N2O4/c1-22-14-7-5-12(6-8-14)18-15(11-20-21-18)13-9-16(23-2)19(25-4)17(10-13)24-3/h5-11H,1-4H3,(H,20,21). The third kappa shape index (κ3) is 3.10. The molecule has 1 N–H and O–H groups in total. The van der Waals surface area contributed by atoms with Crippen molar-refractivity contribution >= 4 is 0 Å². The Morgan fingerprint density at radius 1 is 0.760 bits per heavy atom. The Bertz CT molecular complexity index is 831. The molecule has 0 amide bonds. The topological polar surface area (TPSA) is 65.6 Å². The molecule has 0 bridgehead atoms. The van der Waals surface area contributed by atoms with Crippen molar-refractivity contribution in [3.05, 3.63) is 42.6 Å². The summed E-state index contributed by atoms with van der Waals surface area (Å²) in [5, 5.41) is 7.26. The summed E-state index contributed by atoms with van der Waals surface area (Å²) in [5.41, 5.74) is 3.75. The summed E-state index contributed by atoms with van der Waals surface area (Å²) >= 11 is 0. The van der Waals surface area contributed by atoms with Gasteiger partial charge < -0.3 is 18.9 Å². The van der Waals surface area contributed by atoms with E-state index in [2.05, 4.69) is 10.2 Å². The van der Waals surface area contributed by atoms with Crippen molar-refractivity contribution in [3.8, 4) is 45.4 Å². The first-order chi connectivity index (χ1) is 12.2. The Kier molecular flexibility index (Phi) is 4.79. The van der Waals surface area contributed by atoms with Crippen LogP contribution in [0, 0.1) is 0 Å².